The van der Waals surface area contributed by atoms with Crippen LogP contribution in [0, 0.1) is 0 Å². The summed E-state index contributed by atoms with van der Waals surface area (Å²) in [6.45, 7) is 3.27. The molecule has 0 amide bonds. The van der Waals surface area contributed by atoms with E-state index in [4.69, 9.17) is 4.74 Å². The highest BCUT2D eigenvalue weighted by molar-refractivity contribution is 5.28. The van der Waals surface area contributed by atoms with Gasteiger partial charge in [0, 0.05) is 19.1 Å². The minimum atomic E-state index is 0.652. The first-order valence-electron chi connectivity index (χ1n) is 6.83. The van der Waals surface area contributed by atoms with Gasteiger partial charge in [-0.2, -0.15) is 0 Å². The van der Waals surface area contributed by atoms with E-state index in [-0.39, 0.29) is 0 Å². The summed E-state index contributed by atoms with van der Waals surface area (Å²) in [5, 5.41) is 3.52. The highest BCUT2D eigenvalue weighted by atomic mass is 16.5. The number of likely N-dealkylation sites (N-methyl/N-ethyl adjacent to an activating group) is 1. The lowest BCUT2D eigenvalue weighted by Crippen LogP contribution is -2.38. The summed E-state index contributed by atoms with van der Waals surface area (Å²) >= 11 is 0. The Kier molecular flexibility index (Phi) is 5.02. The summed E-state index contributed by atoms with van der Waals surface area (Å²) < 4.78 is 5.27. The monoisotopic (exact) mass is 248 g/mol. The average molecular weight is 248 g/mol. The molecule has 0 aliphatic carbocycles. The zero-order valence-corrected chi connectivity index (χ0v) is 11.5. The molecule has 1 aliphatic heterocycles. The molecule has 3 heteroatoms. The summed E-state index contributed by atoms with van der Waals surface area (Å²) in [5.41, 5.74) is 1.32. The van der Waals surface area contributed by atoms with Crippen LogP contribution >= 0.6 is 0 Å². The minimum absolute atomic E-state index is 0.652. The SMILES string of the molecule is COc1cccc(CN(C)C2CCCCNC2)c1. The number of nitrogens with zero attached hydrogens (tertiary/aromatic N) is 1. The molecule has 1 aliphatic rings. The quantitative estimate of drug-likeness (QED) is 0.884. The maximum atomic E-state index is 5.27. The Bertz CT molecular complexity index is 359. The fraction of sp³-hybridized carbons (Fsp3) is 0.600. The van der Waals surface area contributed by atoms with E-state index in [0.717, 1.165) is 18.8 Å². The van der Waals surface area contributed by atoms with Crippen LogP contribution in [0.1, 0.15) is 24.8 Å². The molecule has 2 rings (SSSR count). The summed E-state index contributed by atoms with van der Waals surface area (Å²) in [4.78, 5) is 2.45. The van der Waals surface area contributed by atoms with Crippen LogP contribution in [0.15, 0.2) is 24.3 Å². The predicted octanol–water partition coefficient (Wildman–Crippen LogP) is 2.27. The molecule has 3 nitrogen and oxygen atoms in total. The third-order valence-electron chi connectivity index (χ3n) is 3.71. The average Bonchev–Trinajstić information content (AvgIpc) is 2.68. The van der Waals surface area contributed by atoms with Gasteiger partial charge in [0.25, 0.3) is 0 Å². The van der Waals surface area contributed by atoms with Crippen molar-refractivity contribution in [3.8, 4) is 5.75 Å². The molecule has 1 heterocycles. The van der Waals surface area contributed by atoms with Crippen molar-refractivity contribution in [1.29, 1.82) is 0 Å². The van der Waals surface area contributed by atoms with Crippen LogP contribution in [0.2, 0.25) is 0 Å². The second-order valence-electron chi connectivity index (χ2n) is 5.12. The van der Waals surface area contributed by atoms with Gasteiger partial charge in [0.1, 0.15) is 5.75 Å². The number of hydrogen-bond acceptors (Lipinski definition) is 3. The molecule has 1 saturated heterocycles. The van der Waals surface area contributed by atoms with Crippen LogP contribution < -0.4 is 10.1 Å². The summed E-state index contributed by atoms with van der Waals surface area (Å²) in [7, 11) is 3.94. The fourth-order valence-electron chi connectivity index (χ4n) is 2.56. The molecule has 100 valence electrons. The van der Waals surface area contributed by atoms with E-state index >= 15 is 0 Å². The molecule has 1 fully saturated rings. The lowest BCUT2D eigenvalue weighted by molar-refractivity contribution is 0.222. The van der Waals surface area contributed by atoms with E-state index in [1.54, 1.807) is 7.11 Å². The third kappa shape index (κ3) is 3.72. The van der Waals surface area contributed by atoms with Gasteiger partial charge in [-0.1, -0.05) is 18.6 Å². The van der Waals surface area contributed by atoms with Crippen molar-refractivity contribution in [3.63, 3.8) is 0 Å². The Morgan fingerprint density at radius 2 is 2.28 bits per heavy atom. The van der Waals surface area contributed by atoms with Crippen LogP contribution in [0.25, 0.3) is 0 Å². The standard InChI is InChI=1S/C15H24N2O/c1-17(14-7-3-4-9-16-11-14)12-13-6-5-8-15(10-13)18-2/h5-6,8,10,14,16H,3-4,7,9,11-12H2,1-2H3. The van der Waals surface area contributed by atoms with Gasteiger partial charge in [-0.3, -0.25) is 4.90 Å². The van der Waals surface area contributed by atoms with Crippen LogP contribution in [0.4, 0.5) is 0 Å². The van der Waals surface area contributed by atoms with Crippen molar-refractivity contribution in [3.05, 3.63) is 29.8 Å². The van der Waals surface area contributed by atoms with Crippen molar-refractivity contribution in [2.24, 2.45) is 0 Å². The van der Waals surface area contributed by atoms with E-state index < -0.39 is 0 Å². The van der Waals surface area contributed by atoms with E-state index in [1.807, 2.05) is 6.07 Å². The molecular formula is C15H24N2O. The number of nitrogens with one attached hydrogen (secondary N) is 1. The largest absolute Gasteiger partial charge is 0.497 e. The molecule has 0 aromatic heterocycles. The topological polar surface area (TPSA) is 24.5 Å². The lowest BCUT2D eigenvalue weighted by atomic mass is 10.1. The minimum Gasteiger partial charge on any atom is -0.497 e. The first kappa shape index (κ1) is 13.4. The molecule has 0 spiro atoms. The Labute approximate surface area is 110 Å². The van der Waals surface area contributed by atoms with Crippen molar-refractivity contribution < 1.29 is 4.74 Å². The van der Waals surface area contributed by atoms with Gasteiger partial charge < -0.3 is 10.1 Å². The van der Waals surface area contributed by atoms with Crippen molar-refractivity contribution >= 4 is 0 Å². The van der Waals surface area contributed by atoms with Gasteiger partial charge in [0.2, 0.25) is 0 Å². The molecule has 1 atom stereocenters. The van der Waals surface area contributed by atoms with Gasteiger partial charge in [-0.05, 0) is 44.1 Å². The maximum Gasteiger partial charge on any atom is 0.119 e. The normalized spacial score (nSPS) is 20.7. The summed E-state index contributed by atoms with van der Waals surface area (Å²) in [6.07, 6.45) is 3.94. The van der Waals surface area contributed by atoms with E-state index in [1.165, 1.54) is 31.4 Å². The Balaban J connectivity index is 1.94. The molecule has 0 radical (unpaired) electrons. The Morgan fingerprint density at radius 1 is 1.39 bits per heavy atom. The predicted molar refractivity (Wildman–Crippen MR) is 75.0 cm³/mol. The second kappa shape index (κ2) is 6.76. The zero-order valence-electron chi connectivity index (χ0n) is 11.5. The van der Waals surface area contributed by atoms with Crippen LogP contribution in [-0.4, -0.2) is 38.2 Å². The Hall–Kier alpha value is -1.06. The smallest absolute Gasteiger partial charge is 0.119 e. The van der Waals surface area contributed by atoms with Gasteiger partial charge >= 0.3 is 0 Å². The number of methoxy groups -OCH3 is 1. The highest BCUT2D eigenvalue weighted by Gasteiger charge is 2.16. The molecule has 1 aromatic carbocycles. The molecule has 1 N–H and O–H groups in total. The van der Waals surface area contributed by atoms with E-state index in [9.17, 15) is 0 Å². The second-order valence-corrected chi connectivity index (χ2v) is 5.12. The first-order chi connectivity index (χ1) is 8.79. The van der Waals surface area contributed by atoms with Gasteiger partial charge in [-0.15, -0.1) is 0 Å². The van der Waals surface area contributed by atoms with Crippen molar-refractivity contribution in [2.75, 3.05) is 27.2 Å². The molecule has 0 bridgehead atoms. The van der Waals surface area contributed by atoms with Crippen LogP contribution in [0.5, 0.6) is 5.75 Å². The van der Waals surface area contributed by atoms with Crippen LogP contribution in [0.3, 0.4) is 0 Å². The number of benzene rings is 1. The van der Waals surface area contributed by atoms with Gasteiger partial charge in [0.15, 0.2) is 0 Å². The molecular weight excluding hydrogens is 224 g/mol. The number of ether oxygens (including phenoxy) is 1. The van der Waals surface area contributed by atoms with E-state index in [2.05, 4.69) is 35.5 Å². The van der Waals surface area contributed by atoms with Gasteiger partial charge in [0.05, 0.1) is 7.11 Å². The fourth-order valence-corrected chi connectivity index (χ4v) is 2.56. The van der Waals surface area contributed by atoms with Gasteiger partial charge in [-0.25, -0.2) is 0 Å². The lowest BCUT2D eigenvalue weighted by Gasteiger charge is -2.27. The summed E-state index contributed by atoms with van der Waals surface area (Å²) in [6, 6.07) is 9.01. The van der Waals surface area contributed by atoms with E-state index in [0.29, 0.717) is 6.04 Å². The highest BCUT2D eigenvalue weighted by Crippen LogP contribution is 2.17. The maximum absolute atomic E-state index is 5.27. The Morgan fingerprint density at radius 3 is 3.11 bits per heavy atom. The molecule has 1 aromatic rings. The van der Waals surface area contributed by atoms with Crippen molar-refractivity contribution in [2.45, 2.75) is 31.8 Å². The van der Waals surface area contributed by atoms with Crippen molar-refractivity contribution in [1.82, 2.24) is 10.2 Å². The first-order valence-corrected chi connectivity index (χ1v) is 6.83. The molecule has 18 heavy (non-hydrogen) atoms. The number of rotatable bonds is 4. The number of hydrogen-bond donors (Lipinski definition) is 1. The third-order valence-corrected chi connectivity index (χ3v) is 3.71. The van der Waals surface area contributed by atoms with Crippen LogP contribution in [-0.2, 0) is 6.54 Å². The molecule has 1 unspecified atom stereocenters. The summed E-state index contributed by atoms with van der Waals surface area (Å²) in [5.74, 6) is 0.944. The zero-order chi connectivity index (χ0) is 12.8. The molecule has 0 saturated carbocycles.